The highest BCUT2D eigenvalue weighted by molar-refractivity contribution is 8.01. The van der Waals surface area contributed by atoms with Crippen LogP contribution >= 0.6 is 23.1 Å². The summed E-state index contributed by atoms with van der Waals surface area (Å²) in [5, 5.41) is 4.93. The van der Waals surface area contributed by atoms with E-state index in [-0.39, 0.29) is 17.7 Å². The molecule has 1 atom stereocenters. The third kappa shape index (κ3) is 5.74. The number of rotatable bonds is 6. The van der Waals surface area contributed by atoms with Crippen molar-refractivity contribution in [1.29, 1.82) is 0 Å². The van der Waals surface area contributed by atoms with Crippen LogP contribution < -0.4 is 5.32 Å². The highest BCUT2D eigenvalue weighted by Crippen LogP contribution is 2.22. The number of hydrogen-bond acceptors (Lipinski definition) is 6. The molecule has 1 saturated heterocycles. The lowest BCUT2D eigenvalue weighted by molar-refractivity contribution is -0.119. The second kappa shape index (κ2) is 8.46. The van der Waals surface area contributed by atoms with Gasteiger partial charge in [-0.1, -0.05) is 18.2 Å². The van der Waals surface area contributed by atoms with E-state index in [0.717, 1.165) is 29.3 Å². The van der Waals surface area contributed by atoms with Crippen molar-refractivity contribution in [2.24, 2.45) is 0 Å². The van der Waals surface area contributed by atoms with Crippen LogP contribution in [0, 0.1) is 6.92 Å². The van der Waals surface area contributed by atoms with E-state index in [9.17, 15) is 13.2 Å². The number of carbonyl (C=O) groups is 1. The van der Waals surface area contributed by atoms with Gasteiger partial charge in [-0.3, -0.25) is 4.79 Å². The predicted octanol–water partition coefficient (Wildman–Crippen LogP) is 1.86. The van der Waals surface area contributed by atoms with Gasteiger partial charge in [0.1, 0.15) is 0 Å². The zero-order valence-electron chi connectivity index (χ0n) is 13.4. The van der Waals surface area contributed by atoms with Crippen LogP contribution in [0.4, 0.5) is 0 Å². The van der Waals surface area contributed by atoms with Crippen molar-refractivity contribution in [2.75, 3.05) is 24.6 Å². The number of nitrogens with zero attached hydrogens (tertiary/aromatic N) is 2. The Morgan fingerprint density at radius 3 is 2.96 bits per heavy atom. The molecular weight excluding hydrogens is 354 g/mol. The summed E-state index contributed by atoms with van der Waals surface area (Å²) in [6.07, 6.45) is 2.60. The quantitative estimate of drug-likeness (QED) is 0.766. The molecule has 1 amide bonds. The van der Waals surface area contributed by atoms with E-state index in [1.165, 1.54) is 27.4 Å². The zero-order valence-corrected chi connectivity index (χ0v) is 15.9. The molecular formula is C14H23N3O3S3. The summed E-state index contributed by atoms with van der Waals surface area (Å²) in [6, 6.07) is -0.107. The summed E-state index contributed by atoms with van der Waals surface area (Å²) in [6.45, 7) is 4.51. The van der Waals surface area contributed by atoms with E-state index in [0.29, 0.717) is 18.8 Å². The lowest BCUT2D eigenvalue weighted by Gasteiger charge is -2.24. The Bertz CT molecular complexity index is 630. The first-order valence-corrected chi connectivity index (χ1v) is 11.2. The fraction of sp³-hybridized carbons (Fsp3) is 0.714. The second-order valence-electron chi connectivity index (χ2n) is 5.56. The van der Waals surface area contributed by atoms with Crippen LogP contribution in [0.5, 0.6) is 0 Å². The van der Waals surface area contributed by atoms with Crippen molar-refractivity contribution in [1.82, 2.24) is 14.6 Å². The highest BCUT2D eigenvalue weighted by atomic mass is 32.2. The van der Waals surface area contributed by atoms with Crippen LogP contribution in [-0.4, -0.2) is 54.3 Å². The predicted molar refractivity (Wildman–Crippen MR) is 94.4 cm³/mol. The normalized spacial score (nSPS) is 20.2. The van der Waals surface area contributed by atoms with E-state index in [1.54, 1.807) is 6.92 Å². The summed E-state index contributed by atoms with van der Waals surface area (Å²) in [4.78, 5) is 16.4. The molecule has 1 fully saturated rings. The van der Waals surface area contributed by atoms with E-state index in [4.69, 9.17) is 0 Å². The van der Waals surface area contributed by atoms with E-state index in [2.05, 4.69) is 10.3 Å². The van der Waals surface area contributed by atoms with Crippen LogP contribution in [0.15, 0.2) is 9.72 Å². The molecule has 0 spiro atoms. The van der Waals surface area contributed by atoms with Crippen LogP contribution in [-0.2, 0) is 14.8 Å². The summed E-state index contributed by atoms with van der Waals surface area (Å²) < 4.78 is 26.5. The number of sulfonamides is 1. The van der Waals surface area contributed by atoms with Crippen molar-refractivity contribution < 1.29 is 13.2 Å². The molecule has 0 unspecified atom stereocenters. The molecule has 0 aromatic carbocycles. The van der Waals surface area contributed by atoms with Gasteiger partial charge in [-0.25, -0.2) is 13.4 Å². The summed E-state index contributed by atoms with van der Waals surface area (Å²) >= 11 is 2.95. The highest BCUT2D eigenvalue weighted by Gasteiger charge is 2.26. The molecule has 1 aliphatic rings. The van der Waals surface area contributed by atoms with E-state index in [1.807, 2.05) is 12.3 Å². The second-order valence-corrected chi connectivity index (χ2v) is 9.90. The number of hydrogen-bond donors (Lipinski definition) is 1. The first-order valence-electron chi connectivity index (χ1n) is 7.73. The smallest absolute Gasteiger partial charge is 0.230 e. The minimum absolute atomic E-state index is 0.0661. The molecule has 0 aliphatic carbocycles. The fourth-order valence-electron chi connectivity index (χ4n) is 2.46. The molecule has 0 bridgehead atoms. The number of thioether (sulfide) groups is 1. The van der Waals surface area contributed by atoms with Crippen LogP contribution in [0.25, 0.3) is 0 Å². The van der Waals surface area contributed by atoms with Gasteiger partial charge >= 0.3 is 0 Å². The molecule has 1 aromatic heterocycles. The van der Waals surface area contributed by atoms with Gasteiger partial charge in [0.2, 0.25) is 15.9 Å². The molecule has 1 N–H and O–H groups in total. The SMILES string of the molecule is CCS(=O)(=O)N1CCCC[C@H](NC(=O)CSc2nc(C)cs2)C1. The van der Waals surface area contributed by atoms with E-state index < -0.39 is 10.0 Å². The maximum Gasteiger partial charge on any atom is 0.230 e. The molecule has 1 aromatic rings. The van der Waals surface area contributed by atoms with E-state index >= 15 is 0 Å². The minimum Gasteiger partial charge on any atom is -0.351 e. The Morgan fingerprint density at radius 1 is 1.52 bits per heavy atom. The van der Waals surface area contributed by atoms with Gasteiger partial charge in [-0.2, -0.15) is 4.31 Å². The lowest BCUT2D eigenvalue weighted by Crippen LogP contribution is -2.45. The first kappa shape index (κ1) is 18.7. The third-order valence-electron chi connectivity index (χ3n) is 3.68. The Labute approximate surface area is 146 Å². The molecule has 2 rings (SSSR count). The Morgan fingerprint density at radius 2 is 2.30 bits per heavy atom. The minimum atomic E-state index is -3.20. The Hall–Kier alpha value is -0.640. The lowest BCUT2D eigenvalue weighted by atomic mass is 10.1. The summed E-state index contributed by atoms with van der Waals surface area (Å²) in [7, 11) is -3.20. The summed E-state index contributed by atoms with van der Waals surface area (Å²) in [5.74, 6) is 0.347. The van der Waals surface area contributed by atoms with Crippen molar-refractivity contribution in [3.05, 3.63) is 11.1 Å². The molecule has 23 heavy (non-hydrogen) atoms. The Kier molecular flexibility index (Phi) is 6.87. The maximum atomic E-state index is 12.1. The van der Waals surface area contributed by atoms with Crippen LogP contribution in [0.3, 0.4) is 0 Å². The van der Waals surface area contributed by atoms with Gasteiger partial charge in [0, 0.05) is 30.2 Å². The Balaban J connectivity index is 1.86. The maximum absolute atomic E-state index is 12.1. The molecule has 0 radical (unpaired) electrons. The van der Waals surface area contributed by atoms with Gasteiger partial charge in [0.25, 0.3) is 0 Å². The first-order chi connectivity index (χ1) is 10.9. The molecule has 130 valence electrons. The summed E-state index contributed by atoms with van der Waals surface area (Å²) in [5.41, 5.74) is 0.960. The largest absolute Gasteiger partial charge is 0.351 e. The van der Waals surface area contributed by atoms with Gasteiger partial charge < -0.3 is 5.32 Å². The molecule has 6 nitrogen and oxygen atoms in total. The average Bonchev–Trinajstić information content (AvgIpc) is 2.78. The van der Waals surface area contributed by atoms with Crippen molar-refractivity contribution >= 4 is 39.0 Å². The third-order valence-corrected chi connectivity index (χ3v) is 7.67. The number of carbonyl (C=O) groups excluding carboxylic acids is 1. The number of amides is 1. The number of aromatic nitrogens is 1. The van der Waals surface area contributed by atoms with Gasteiger partial charge in [0.15, 0.2) is 4.34 Å². The van der Waals surface area contributed by atoms with Crippen molar-refractivity contribution in [2.45, 2.75) is 43.5 Å². The fourth-order valence-corrected chi connectivity index (χ4v) is 5.30. The van der Waals surface area contributed by atoms with Gasteiger partial charge in [-0.15, -0.1) is 11.3 Å². The van der Waals surface area contributed by atoms with Crippen molar-refractivity contribution in [3.63, 3.8) is 0 Å². The number of thiazole rings is 1. The monoisotopic (exact) mass is 377 g/mol. The van der Waals surface area contributed by atoms with Gasteiger partial charge in [-0.05, 0) is 26.7 Å². The van der Waals surface area contributed by atoms with Gasteiger partial charge in [0.05, 0.1) is 11.5 Å². The topological polar surface area (TPSA) is 79.4 Å². The molecule has 9 heteroatoms. The van der Waals surface area contributed by atoms with Crippen LogP contribution in [0.2, 0.25) is 0 Å². The molecule has 0 saturated carbocycles. The molecule has 2 heterocycles. The number of aryl methyl sites for hydroxylation is 1. The standard InChI is InChI=1S/C14H23N3O3S3/c1-3-23(19,20)17-7-5-4-6-12(8-17)16-13(18)10-22-14-15-11(2)9-21-14/h9,12H,3-8,10H2,1-2H3,(H,16,18)/t12-/m0/s1. The van der Waals surface area contributed by atoms with Crippen molar-refractivity contribution in [3.8, 4) is 0 Å². The van der Waals surface area contributed by atoms with Crippen LogP contribution in [0.1, 0.15) is 31.9 Å². The zero-order chi connectivity index (χ0) is 16.9. The molecule has 1 aliphatic heterocycles. The average molecular weight is 378 g/mol. The number of nitrogens with one attached hydrogen (secondary N) is 1.